The highest BCUT2D eigenvalue weighted by molar-refractivity contribution is 5.20. The molecule has 0 aliphatic rings. The van der Waals surface area contributed by atoms with Crippen LogP contribution in [0.2, 0.25) is 0 Å². The number of aliphatic hydroxyl groups excluding tert-OH is 1. The van der Waals surface area contributed by atoms with Gasteiger partial charge in [-0.25, -0.2) is 4.39 Å². The van der Waals surface area contributed by atoms with Crippen molar-refractivity contribution in [1.82, 2.24) is 0 Å². The Bertz CT molecular complexity index is 343. The number of nitro groups is 1. The SMILES string of the molecule is C[C@H]([C@H](O)c1ccccc1F)[N+](=O)[O-]. The zero-order chi connectivity index (χ0) is 10.7. The van der Waals surface area contributed by atoms with Crippen LogP contribution in [-0.4, -0.2) is 16.1 Å². The summed E-state index contributed by atoms with van der Waals surface area (Å²) >= 11 is 0. The van der Waals surface area contributed by atoms with Gasteiger partial charge in [-0.3, -0.25) is 10.1 Å². The van der Waals surface area contributed by atoms with Crippen LogP contribution in [-0.2, 0) is 0 Å². The molecule has 0 radical (unpaired) electrons. The third-order valence-corrected chi connectivity index (χ3v) is 2.01. The van der Waals surface area contributed by atoms with Gasteiger partial charge in [-0.2, -0.15) is 0 Å². The fraction of sp³-hybridized carbons (Fsp3) is 0.333. The summed E-state index contributed by atoms with van der Waals surface area (Å²) in [5.41, 5.74) is -0.0447. The Morgan fingerprint density at radius 2 is 2.07 bits per heavy atom. The van der Waals surface area contributed by atoms with E-state index in [2.05, 4.69) is 0 Å². The quantitative estimate of drug-likeness (QED) is 0.593. The molecule has 1 aromatic rings. The van der Waals surface area contributed by atoms with Crippen molar-refractivity contribution in [3.63, 3.8) is 0 Å². The first-order valence-electron chi connectivity index (χ1n) is 4.10. The molecular formula is C9H10FNO3. The lowest BCUT2D eigenvalue weighted by Gasteiger charge is -2.12. The Hall–Kier alpha value is -1.49. The number of halogens is 1. The molecule has 0 fully saturated rings. The second-order valence-corrected chi connectivity index (χ2v) is 2.99. The van der Waals surface area contributed by atoms with Gasteiger partial charge in [0.05, 0.1) is 0 Å². The van der Waals surface area contributed by atoms with E-state index in [1.807, 2.05) is 0 Å². The van der Waals surface area contributed by atoms with Crippen molar-refractivity contribution in [2.45, 2.75) is 19.1 Å². The monoisotopic (exact) mass is 199 g/mol. The standard InChI is InChI=1S/C9H10FNO3/c1-6(11(13)14)9(12)7-4-2-3-5-8(7)10/h2-6,9,12H,1H3/t6-,9+/m1/s1. The van der Waals surface area contributed by atoms with Crippen LogP contribution in [0, 0.1) is 15.9 Å². The predicted octanol–water partition coefficient (Wildman–Crippen LogP) is 1.52. The zero-order valence-corrected chi connectivity index (χ0v) is 7.55. The van der Waals surface area contributed by atoms with E-state index in [1.165, 1.54) is 25.1 Å². The molecule has 4 nitrogen and oxygen atoms in total. The molecule has 0 spiro atoms. The minimum atomic E-state index is -1.41. The maximum atomic E-state index is 13.1. The molecule has 0 aliphatic heterocycles. The largest absolute Gasteiger partial charge is 0.381 e. The van der Waals surface area contributed by atoms with Crippen molar-refractivity contribution in [2.24, 2.45) is 0 Å². The lowest BCUT2D eigenvalue weighted by Crippen LogP contribution is -2.24. The van der Waals surface area contributed by atoms with E-state index >= 15 is 0 Å². The minimum Gasteiger partial charge on any atom is -0.381 e. The minimum absolute atomic E-state index is 0.0447. The number of aliphatic hydroxyl groups is 1. The molecule has 1 N–H and O–H groups in total. The smallest absolute Gasteiger partial charge is 0.240 e. The summed E-state index contributed by atoms with van der Waals surface area (Å²) < 4.78 is 13.1. The van der Waals surface area contributed by atoms with Gasteiger partial charge in [0.2, 0.25) is 6.04 Å². The maximum Gasteiger partial charge on any atom is 0.240 e. The van der Waals surface area contributed by atoms with Gasteiger partial charge in [0.1, 0.15) is 11.9 Å². The number of hydrogen-bond donors (Lipinski definition) is 1. The van der Waals surface area contributed by atoms with Crippen LogP contribution in [0.25, 0.3) is 0 Å². The molecule has 14 heavy (non-hydrogen) atoms. The highest BCUT2D eigenvalue weighted by atomic mass is 19.1. The van der Waals surface area contributed by atoms with E-state index in [4.69, 9.17) is 0 Å². The van der Waals surface area contributed by atoms with Gasteiger partial charge in [-0.05, 0) is 6.07 Å². The number of nitrogens with zero attached hydrogens (tertiary/aromatic N) is 1. The van der Waals surface area contributed by atoms with Crippen LogP contribution in [0.5, 0.6) is 0 Å². The fourth-order valence-corrected chi connectivity index (χ4v) is 1.09. The average Bonchev–Trinajstić information content (AvgIpc) is 2.16. The molecule has 0 heterocycles. The van der Waals surface area contributed by atoms with Gasteiger partial charge in [-0.15, -0.1) is 0 Å². The third-order valence-electron chi connectivity index (χ3n) is 2.01. The van der Waals surface area contributed by atoms with E-state index in [0.29, 0.717) is 0 Å². The molecule has 0 saturated heterocycles. The normalized spacial score (nSPS) is 14.8. The van der Waals surface area contributed by atoms with E-state index in [9.17, 15) is 19.6 Å². The molecule has 0 aliphatic carbocycles. The first-order chi connectivity index (χ1) is 6.54. The third kappa shape index (κ3) is 2.05. The Balaban J connectivity index is 2.94. The molecule has 0 aromatic heterocycles. The van der Waals surface area contributed by atoms with Gasteiger partial charge in [0, 0.05) is 17.4 Å². The molecule has 1 aromatic carbocycles. The van der Waals surface area contributed by atoms with E-state index in [0.717, 1.165) is 6.07 Å². The van der Waals surface area contributed by atoms with E-state index in [-0.39, 0.29) is 5.56 Å². The molecular weight excluding hydrogens is 189 g/mol. The fourth-order valence-electron chi connectivity index (χ4n) is 1.09. The zero-order valence-electron chi connectivity index (χ0n) is 7.55. The van der Waals surface area contributed by atoms with Crippen LogP contribution >= 0.6 is 0 Å². The molecule has 76 valence electrons. The molecule has 0 unspecified atom stereocenters. The number of rotatable bonds is 3. The highest BCUT2D eigenvalue weighted by Gasteiger charge is 2.27. The van der Waals surface area contributed by atoms with Crippen LogP contribution in [0.1, 0.15) is 18.6 Å². The summed E-state index contributed by atoms with van der Waals surface area (Å²) in [5.74, 6) is -0.631. The molecule has 2 atom stereocenters. The van der Waals surface area contributed by atoms with Crippen molar-refractivity contribution in [2.75, 3.05) is 0 Å². The van der Waals surface area contributed by atoms with E-state index in [1.54, 1.807) is 0 Å². The number of benzene rings is 1. The number of hydrogen-bond acceptors (Lipinski definition) is 3. The van der Waals surface area contributed by atoms with Crippen molar-refractivity contribution >= 4 is 0 Å². The highest BCUT2D eigenvalue weighted by Crippen LogP contribution is 2.20. The maximum absolute atomic E-state index is 13.1. The van der Waals surface area contributed by atoms with Crippen molar-refractivity contribution in [1.29, 1.82) is 0 Å². The summed E-state index contributed by atoms with van der Waals surface area (Å²) in [6, 6.07) is 4.26. The second kappa shape index (κ2) is 4.15. The lowest BCUT2D eigenvalue weighted by atomic mass is 10.0. The Morgan fingerprint density at radius 3 is 2.57 bits per heavy atom. The lowest BCUT2D eigenvalue weighted by molar-refractivity contribution is -0.531. The topological polar surface area (TPSA) is 63.4 Å². The summed E-state index contributed by atoms with van der Waals surface area (Å²) in [5, 5.41) is 19.8. The molecule has 0 bridgehead atoms. The summed E-state index contributed by atoms with van der Waals surface area (Å²) in [6.07, 6.45) is -1.41. The van der Waals surface area contributed by atoms with Gasteiger partial charge >= 0.3 is 0 Å². The van der Waals surface area contributed by atoms with Crippen LogP contribution < -0.4 is 0 Å². The summed E-state index contributed by atoms with van der Waals surface area (Å²) in [4.78, 5) is 9.71. The van der Waals surface area contributed by atoms with Crippen LogP contribution in [0.3, 0.4) is 0 Å². The summed E-state index contributed by atoms with van der Waals surface area (Å²) in [6.45, 7) is 1.23. The van der Waals surface area contributed by atoms with Crippen LogP contribution in [0.15, 0.2) is 24.3 Å². The first-order valence-corrected chi connectivity index (χ1v) is 4.10. The van der Waals surface area contributed by atoms with Crippen molar-refractivity contribution in [3.8, 4) is 0 Å². The first kappa shape index (κ1) is 10.6. The van der Waals surface area contributed by atoms with Gasteiger partial charge in [-0.1, -0.05) is 18.2 Å². The second-order valence-electron chi connectivity index (χ2n) is 2.99. The predicted molar refractivity (Wildman–Crippen MR) is 47.8 cm³/mol. The Morgan fingerprint density at radius 1 is 1.50 bits per heavy atom. The van der Waals surface area contributed by atoms with Gasteiger partial charge in [0.25, 0.3) is 0 Å². The van der Waals surface area contributed by atoms with E-state index < -0.39 is 22.9 Å². The van der Waals surface area contributed by atoms with Gasteiger partial charge < -0.3 is 5.11 Å². The van der Waals surface area contributed by atoms with Crippen molar-refractivity contribution < 1.29 is 14.4 Å². The average molecular weight is 199 g/mol. The molecule has 5 heteroatoms. The van der Waals surface area contributed by atoms with Crippen LogP contribution in [0.4, 0.5) is 4.39 Å². The Labute approximate surface area is 80.1 Å². The van der Waals surface area contributed by atoms with Crippen molar-refractivity contribution in [3.05, 3.63) is 45.8 Å². The molecule has 1 rings (SSSR count). The Kier molecular flexibility index (Phi) is 3.14. The molecule has 0 amide bonds. The summed E-state index contributed by atoms with van der Waals surface area (Å²) in [7, 11) is 0. The molecule has 0 saturated carbocycles. The van der Waals surface area contributed by atoms with Gasteiger partial charge in [0.15, 0.2) is 0 Å².